The minimum Gasteiger partial charge on any atom is -0.337 e. The van der Waals surface area contributed by atoms with Crippen LogP contribution in [0.5, 0.6) is 0 Å². The van der Waals surface area contributed by atoms with E-state index in [9.17, 15) is 9.18 Å². The van der Waals surface area contributed by atoms with Crippen LogP contribution in [0, 0.1) is 17.1 Å². The van der Waals surface area contributed by atoms with Crippen LogP contribution in [0.4, 0.5) is 4.39 Å². The first-order valence-electron chi connectivity index (χ1n) is 7.90. The number of benzene rings is 1. The molecule has 1 aliphatic rings. The third-order valence-corrected chi connectivity index (χ3v) is 4.97. The zero-order chi connectivity index (χ0) is 16.9. The minimum absolute atomic E-state index is 0.174. The second-order valence-corrected chi connectivity index (χ2v) is 6.87. The topological polar surface area (TPSA) is 47.3 Å². The average Bonchev–Trinajstić information content (AvgIpc) is 2.98. The number of nitriles is 1. The Morgan fingerprint density at radius 2 is 2.12 bits per heavy atom. The molecule has 1 saturated heterocycles. The van der Waals surface area contributed by atoms with Gasteiger partial charge in [0, 0.05) is 43.2 Å². The van der Waals surface area contributed by atoms with E-state index in [4.69, 9.17) is 5.26 Å². The molecule has 124 valence electrons. The highest BCUT2D eigenvalue weighted by atomic mass is 32.1. The van der Waals surface area contributed by atoms with Gasteiger partial charge in [-0.2, -0.15) is 5.26 Å². The van der Waals surface area contributed by atoms with Gasteiger partial charge in [0.1, 0.15) is 5.82 Å². The molecule has 6 heteroatoms. The van der Waals surface area contributed by atoms with Gasteiger partial charge in [0.25, 0.3) is 5.91 Å². The second kappa shape index (κ2) is 7.56. The summed E-state index contributed by atoms with van der Waals surface area (Å²) in [7, 11) is 0. The van der Waals surface area contributed by atoms with Crippen LogP contribution in [0.3, 0.4) is 0 Å². The zero-order valence-corrected chi connectivity index (χ0v) is 14.1. The Labute approximate surface area is 144 Å². The van der Waals surface area contributed by atoms with Gasteiger partial charge in [-0.1, -0.05) is 6.07 Å². The summed E-state index contributed by atoms with van der Waals surface area (Å²) in [4.78, 5) is 18.0. The lowest BCUT2D eigenvalue weighted by Crippen LogP contribution is -2.35. The van der Waals surface area contributed by atoms with Crippen LogP contribution in [0.15, 0.2) is 35.7 Å². The first-order chi connectivity index (χ1) is 11.7. The van der Waals surface area contributed by atoms with Gasteiger partial charge in [0.05, 0.1) is 11.6 Å². The molecule has 0 bridgehead atoms. The van der Waals surface area contributed by atoms with Gasteiger partial charge in [-0.3, -0.25) is 9.69 Å². The van der Waals surface area contributed by atoms with Crippen LogP contribution in [0.2, 0.25) is 0 Å². The summed E-state index contributed by atoms with van der Waals surface area (Å²) in [6, 6.07) is 9.86. The SMILES string of the molecule is N#Cc1cc(F)cc(C(=O)N2CCCN(Cc3cccs3)CC2)c1. The number of thiophene rings is 1. The van der Waals surface area contributed by atoms with Crippen molar-refractivity contribution in [2.45, 2.75) is 13.0 Å². The van der Waals surface area contributed by atoms with Crippen molar-refractivity contribution in [3.63, 3.8) is 0 Å². The maximum atomic E-state index is 13.6. The molecule has 0 spiro atoms. The average molecular weight is 343 g/mol. The predicted octanol–water partition coefficient (Wildman–Crippen LogP) is 3.11. The summed E-state index contributed by atoms with van der Waals surface area (Å²) in [5, 5.41) is 11.0. The summed E-state index contributed by atoms with van der Waals surface area (Å²) < 4.78 is 13.6. The van der Waals surface area contributed by atoms with Crippen LogP contribution in [0.25, 0.3) is 0 Å². The lowest BCUT2D eigenvalue weighted by Gasteiger charge is -2.22. The van der Waals surface area contributed by atoms with Gasteiger partial charge in [-0.05, 0) is 36.1 Å². The highest BCUT2D eigenvalue weighted by Gasteiger charge is 2.21. The minimum atomic E-state index is -0.549. The van der Waals surface area contributed by atoms with E-state index < -0.39 is 5.82 Å². The Morgan fingerprint density at radius 3 is 2.88 bits per heavy atom. The number of rotatable bonds is 3. The smallest absolute Gasteiger partial charge is 0.254 e. The van der Waals surface area contributed by atoms with Gasteiger partial charge >= 0.3 is 0 Å². The molecule has 2 heterocycles. The van der Waals surface area contributed by atoms with Crippen LogP contribution < -0.4 is 0 Å². The molecule has 1 aromatic carbocycles. The van der Waals surface area contributed by atoms with Gasteiger partial charge in [0.2, 0.25) is 0 Å². The maximum absolute atomic E-state index is 13.6. The van der Waals surface area contributed by atoms with E-state index in [1.165, 1.54) is 17.0 Å². The molecule has 1 amide bonds. The molecular formula is C18H18FN3OS. The zero-order valence-electron chi connectivity index (χ0n) is 13.2. The molecule has 0 unspecified atom stereocenters. The number of hydrogen-bond acceptors (Lipinski definition) is 4. The summed E-state index contributed by atoms with van der Waals surface area (Å²) >= 11 is 1.74. The molecule has 1 fully saturated rings. The van der Waals surface area contributed by atoms with Gasteiger partial charge in [0.15, 0.2) is 0 Å². The number of amides is 1. The molecule has 4 nitrogen and oxygen atoms in total. The lowest BCUT2D eigenvalue weighted by molar-refractivity contribution is 0.0760. The Bertz CT molecular complexity index is 754. The van der Waals surface area contributed by atoms with Crippen molar-refractivity contribution in [1.82, 2.24) is 9.80 Å². The first-order valence-corrected chi connectivity index (χ1v) is 8.78. The Kier molecular flexibility index (Phi) is 5.24. The predicted molar refractivity (Wildman–Crippen MR) is 91.2 cm³/mol. The van der Waals surface area contributed by atoms with Crippen molar-refractivity contribution >= 4 is 17.2 Å². The molecule has 24 heavy (non-hydrogen) atoms. The normalized spacial score (nSPS) is 15.8. The molecule has 2 aromatic rings. The fourth-order valence-corrected chi connectivity index (χ4v) is 3.66. The van der Waals surface area contributed by atoms with Gasteiger partial charge < -0.3 is 4.90 Å². The van der Waals surface area contributed by atoms with Gasteiger partial charge in [-0.15, -0.1) is 11.3 Å². The van der Waals surface area contributed by atoms with Crippen molar-refractivity contribution in [2.75, 3.05) is 26.2 Å². The van der Waals surface area contributed by atoms with Crippen LogP contribution >= 0.6 is 11.3 Å². The van der Waals surface area contributed by atoms with E-state index in [0.29, 0.717) is 13.1 Å². The maximum Gasteiger partial charge on any atom is 0.254 e. The second-order valence-electron chi connectivity index (χ2n) is 5.84. The van der Waals surface area contributed by atoms with Crippen molar-refractivity contribution in [3.05, 3.63) is 57.5 Å². The first kappa shape index (κ1) is 16.6. The van der Waals surface area contributed by atoms with Crippen LogP contribution in [0.1, 0.15) is 27.2 Å². The van der Waals surface area contributed by atoms with Crippen LogP contribution in [-0.4, -0.2) is 41.9 Å². The number of carbonyl (C=O) groups is 1. The Morgan fingerprint density at radius 1 is 1.25 bits per heavy atom. The van der Waals surface area contributed by atoms with E-state index in [0.717, 1.165) is 32.1 Å². The fourth-order valence-electron chi connectivity index (χ4n) is 2.92. The van der Waals surface area contributed by atoms with Crippen molar-refractivity contribution in [3.8, 4) is 6.07 Å². The Balaban J connectivity index is 1.66. The summed E-state index contributed by atoms with van der Waals surface area (Å²) in [6.07, 6.45) is 0.886. The van der Waals surface area contributed by atoms with Crippen LogP contribution in [-0.2, 0) is 6.54 Å². The van der Waals surface area contributed by atoms with E-state index in [1.54, 1.807) is 16.2 Å². The highest BCUT2D eigenvalue weighted by Crippen LogP contribution is 2.16. The molecular weight excluding hydrogens is 325 g/mol. The third-order valence-electron chi connectivity index (χ3n) is 4.11. The fraction of sp³-hybridized carbons (Fsp3) is 0.333. The molecule has 1 aliphatic heterocycles. The lowest BCUT2D eigenvalue weighted by atomic mass is 10.1. The number of halogens is 1. The van der Waals surface area contributed by atoms with E-state index in [1.807, 2.05) is 12.1 Å². The molecule has 1 aromatic heterocycles. The number of hydrogen-bond donors (Lipinski definition) is 0. The van der Waals surface area contributed by atoms with E-state index >= 15 is 0 Å². The van der Waals surface area contributed by atoms with Gasteiger partial charge in [-0.25, -0.2) is 4.39 Å². The molecule has 0 aliphatic carbocycles. The monoisotopic (exact) mass is 343 g/mol. The molecule has 3 rings (SSSR count). The van der Waals surface area contributed by atoms with Crippen molar-refractivity contribution in [2.24, 2.45) is 0 Å². The van der Waals surface area contributed by atoms with E-state index in [-0.39, 0.29) is 17.0 Å². The molecule has 0 saturated carbocycles. The molecule has 0 radical (unpaired) electrons. The molecule has 0 atom stereocenters. The quantitative estimate of drug-likeness (QED) is 0.860. The van der Waals surface area contributed by atoms with E-state index in [2.05, 4.69) is 16.3 Å². The molecule has 0 N–H and O–H groups in total. The summed E-state index contributed by atoms with van der Waals surface area (Å²) in [6.45, 7) is 3.90. The summed E-state index contributed by atoms with van der Waals surface area (Å²) in [5.41, 5.74) is 0.422. The standard InChI is InChI=1S/C18H18FN3OS/c19-16-10-14(12-20)9-15(11-16)18(23)22-5-2-4-21(6-7-22)13-17-3-1-8-24-17/h1,3,8-11H,2,4-7,13H2. The number of nitrogens with zero attached hydrogens (tertiary/aromatic N) is 3. The van der Waals surface area contributed by atoms with Crippen molar-refractivity contribution in [1.29, 1.82) is 5.26 Å². The largest absolute Gasteiger partial charge is 0.337 e. The summed E-state index contributed by atoms with van der Waals surface area (Å²) in [5.74, 6) is -0.754. The highest BCUT2D eigenvalue weighted by molar-refractivity contribution is 7.09. The Hall–Kier alpha value is -2.23. The third kappa shape index (κ3) is 3.99. The number of carbonyl (C=O) groups excluding carboxylic acids is 1. The van der Waals surface area contributed by atoms with Crippen molar-refractivity contribution < 1.29 is 9.18 Å².